The van der Waals surface area contributed by atoms with E-state index in [2.05, 4.69) is 15.2 Å². The first-order chi connectivity index (χ1) is 11.1. The van der Waals surface area contributed by atoms with Gasteiger partial charge in [0.25, 0.3) is 5.91 Å². The van der Waals surface area contributed by atoms with E-state index in [9.17, 15) is 9.90 Å². The summed E-state index contributed by atoms with van der Waals surface area (Å²) in [5.74, 6) is -0.141. The van der Waals surface area contributed by atoms with Crippen LogP contribution in [0.1, 0.15) is 28.8 Å². The fourth-order valence-corrected chi connectivity index (χ4v) is 2.77. The summed E-state index contributed by atoms with van der Waals surface area (Å²) in [5.41, 5.74) is 3.41. The van der Waals surface area contributed by atoms with Crippen molar-refractivity contribution in [3.05, 3.63) is 53.9 Å². The third-order valence-corrected chi connectivity index (χ3v) is 4.09. The molecule has 0 aliphatic carbocycles. The van der Waals surface area contributed by atoms with E-state index in [4.69, 9.17) is 0 Å². The second kappa shape index (κ2) is 6.79. The number of carbonyl (C=O) groups excluding carboxylic acids is 1. The normalized spacial score (nSPS) is 15.5. The molecule has 23 heavy (non-hydrogen) atoms. The van der Waals surface area contributed by atoms with Crippen LogP contribution in [-0.2, 0) is 0 Å². The molecule has 2 aromatic rings. The molecule has 2 N–H and O–H groups in total. The Hall–Kier alpha value is -2.40. The summed E-state index contributed by atoms with van der Waals surface area (Å²) in [6.07, 6.45) is 4.79. The number of hydrogen-bond donors (Lipinski definition) is 2. The summed E-state index contributed by atoms with van der Waals surface area (Å²) >= 11 is 0. The lowest BCUT2D eigenvalue weighted by Gasteiger charge is -2.31. The second-order valence-electron chi connectivity index (χ2n) is 5.97. The van der Waals surface area contributed by atoms with Crippen LogP contribution in [0.4, 0.5) is 11.4 Å². The van der Waals surface area contributed by atoms with E-state index in [0.717, 1.165) is 37.2 Å². The Bertz CT molecular complexity index is 677. The van der Waals surface area contributed by atoms with Crippen molar-refractivity contribution < 1.29 is 9.90 Å². The molecule has 1 aliphatic heterocycles. The summed E-state index contributed by atoms with van der Waals surface area (Å²) in [6.45, 7) is 3.64. The number of nitrogens with one attached hydrogen (secondary N) is 1. The van der Waals surface area contributed by atoms with Crippen LogP contribution < -0.4 is 10.2 Å². The van der Waals surface area contributed by atoms with Gasteiger partial charge in [-0.15, -0.1) is 0 Å². The molecule has 0 spiro atoms. The van der Waals surface area contributed by atoms with Crippen LogP contribution in [0.15, 0.2) is 42.7 Å². The van der Waals surface area contributed by atoms with Crippen LogP contribution in [0.25, 0.3) is 0 Å². The van der Waals surface area contributed by atoms with Crippen molar-refractivity contribution in [1.82, 2.24) is 4.98 Å². The largest absolute Gasteiger partial charge is 0.393 e. The third-order valence-electron chi connectivity index (χ3n) is 4.09. The molecule has 0 saturated carbocycles. The van der Waals surface area contributed by atoms with Crippen molar-refractivity contribution in [1.29, 1.82) is 0 Å². The average molecular weight is 311 g/mol. The van der Waals surface area contributed by atoms with Crippen LogP contribution >= 0.6 is 0 Å². The Balaban J connectivity index is 1.65. The zero-order chi connectivity index (χ0) is 16.2. The van der Waals surface area contributed by atoms with E-state index in [0.29, 0.717) is 11.3 Å². The van der Waals surface area contributed by atoms with E-state index in [1.165, 1.54) is 0 Å². The van der Waals surface area contributed by atoms with E-state index >= 15 is 0 Å². The number of rotatable bonds is 3. The maximum absolute atomic E-state index is 12.3. The second-order valence-corrected chi connectivity index (χ2v) is 5.97. The molecule has 120 valence electrons. The number of carbonyl (C=O) groups is 1. The molecule has 0 bridgehead atoms. The Morgan fingerprint density at radius 3 is 2.57 bits per heavy atom. The van der Waals surface area contributed by atoms with Crippen molar-refractivity contribution in [2.45, 2.75) is 25.9 Å². The van der Waals surface area contributed by atoms with Gasteiger partial charge in [-0.2, -0.15) is 0 Å². The number of aromatic nitrogens is 1. The predicted molar refractivity (Wildman–Crippen MR) is 90.8 cm³/mol. The first-order valence-corrected chi connectivity index (χ1v) is 7.88. The van der Waals surface area contributed by atoms with Crippen molar-refractivity contribution in [2.24, 2.45) is 0 Å². The molecule has 1 saturated heterocycles. The number of anilines is 2. The zero-order valence-corrected chi connectivity index (χ0v) is 13.2. The highest BCUT2D eigenvalue weighted by Crippen LogP contribution is 2.21. The number of aryl methyl sites for hydroxylation is 1. The van der Waals surface area contributed by atoms with Crippen LogP contribution in [0.2, 0.25) is 0 Å². The molecule has 3 rings (SSSR count). The molecule has 1 aromatic carbocycles. The number of aliphatic hydroxyl groups is 1. The standard InChI is InChI=1S/C18H21N3O2/c1-13-10-15(12-19-11-13)20-18(23)14-2-4-16(5-3-14)21-8-6-17(22)7-9-21/h2-5,10-12,17,22H,6-9H2,1H3,(H,20,23). The van der Waals surface area contributed by atoms with Crippen molar-refractivity contribution in [3.8, 4) is 0 Å². The maximum Gasteiger partial charge on any atom is 0.255 e. The first-order valence-electron chi connectivity index (χ1n) is 7.88. The molecule has 1 fully saturated rings. The summed E-state index contributed by atoms with van der Waals surface area (Å²) in [6, 6.07) is 9.47. The molecule has 1 amide bonds. The Morgan fingerprint density at radius 1 is 1.22 bits per heavy atom. The highest BCUT2D eigenvalue weighted by molar-refractivity contribution is 6.04. The van der Waals surface area contributed by atoms with Gasteiger partial charge in [0, 0.05) is 30.5 Å². The fourth-order valence-electron chi connectivity index (χ4n) is 2.77. The van der Waals surface area contributed by atoms with Crippen molar-refractivity contribution in [3.63, 3.8) is 0 Å². The van der Waals surface area contributed by atoms with Gasteiger partial charge < -0.3 is 15.3 Å². The topological polar surface area (TPSA) is 65.5 Å². The average Bonchev–Trinajstić information content (AvgIpc) is 2.56. The summed E-state index contributed by atoms with van der Waals surface area (Å²) < 4.78 is 0. The monoisotopic (exact) mass is 311 g/mol. The van der Waals surface area contributed by atoms with Gasteiger partial charge in [0.15, 0.2) is 0 Å². The lowest BCUT2D eigenvalue weighted by Crippen LogP contribution is -2.35. The molecule has 0 atom stereocenters. The molecule has 1 aromatic heterocycles. The molecule has 5 nitrogen and oxygen atoms in total. The van der Waals surface area contributed by atoms with Gasteiger partial charge in [-0.25, -0.2) is 0 Å². The number of pyridine rings is 1. The van der Waals surface area contributed by atoms with E-state index in [1.54, 1.807) is 12.4 Å². The quantitative estimate of drug-likeness (QED) is 0.914. The van der Waals surface area contributed by atoms with E-state index < -0.39 is 0 Å². The number of piperidine rings is 1. The molecule has 2 heterocycles. The molecule has 5 heteroatoms. The van der Waals surface area contributed by atoms with Gasteiger partial charge in [-0.05, 0) is 55.7 Å². The van der Waals surface area contributed by atoms with Gasteiger partial charge in [0.05, 0.1) is 18.0 Å². The first kappa shape index (κ1) is 15.5. The van der Waals surface area contributed by atoms with Gasteiger partial charge in [-0.3, -0.25) is 9.78 Å². The van der Waals surface area contributed by atoms with Crippen LogP contribution in [0, 0.1) is 6.92 Å². The van der Waals surface area contributed by atoms with E-state index in [-0.39, 0.29) is 12.0 Å². The minimum absolute atomic E-state index is 0.141. The maximum atomic E-state index is 12.3. The molecular weight excluding hydrogens is 290 g/mol. The number of nitrogens with zero attached hydrogens (tertiary/aromatic N) is 2. The van der Waals surface area contributed by atoms with Gasteiger partial charge in [0.2, 0.25) is 0 Å². The van der Waals surface area contributed by atoms with Crippen LogP contribution in [0.5, 0.6) is 0 Å². The summed E-state index contributed by atoms with van der Waals surface area (Å²) in [5, 5.41) is 12.4. The Kier molecular flexibility index (Phi) is 4.57. The van der Waals surface area contributed by atoms with Crippen molar-refractivity contribution >= 4 is 17.3 Å². The third kappa shape index (κ3) is 3.87. The summed E-state index contributed by atoms with van der Waals surface area (Å²) in [4.78, 5) is 18.6. The Morgan fingerprint density at radius 2 is 1.91 bits per heavy atom. The number of benzene rings is 1. The SMILES string of the molecule is Cc1cncc(NC(=O)c2ccc(N3CCC(O)CC3)cc2)c1. The fraction of sp³-hybridized carbons (Fsp3) is 0.333. The zero-order valence-electron chi connectivity index (χ0n) is 13.2. The lowest BCUT2D eigenvalue weighted by molar-refractivity contribution is 0.102. The minimum Gasteiger partial charge on any atom is -0.393 e. The van der Waals surface area contributed by atoms with Crippen LogP contribution in [-0.4, -0.2) is 35.2 Å². The molecule has 0 unspecified atom stereocenters. The highest BCUT2D eigenvalue weighted by Gasteiger charge is 2.17. The van der Waals surface area contributed by atoms with Gasteiger partial charge in [0.1, 0.15) is 0 Å². The molecular formula is C18H21N3O2. The number of hydrogen-bond acceptors (Lipinski definition) is 4. The predicted octanol–water partition coefficient (Wildman–Crippen LogP) is 2.60. The smallest absolute Gasteiger partial charge is 0.255 e. The van der Waals surface area contributed by atoms with Gasteiger partial charge >= 0.3 is 0 Å². The van der Waals surface area contributed by atoms with Gasteiger partial charge in [-0.1, -0.05) is 0 Å². The van der Waals surface area contributed by atoms with Crippen molar-refractivity contribution in [2.75, 3.05) is 23.3 Å². The number of aliphatic hydroxyl groups excluding tert-OH is 1. The Labute approximate surface area is 136 Å². The lowest BCUT2D eigenvalue weighted by atomic mass is 10.1. The van der Waals surface area contributed by atoms with Crippen LogP contribution in [0.3, 0.4) is 0 Å². The molecule has 0 radical (unpaired) electrons. The molecule has 1 aliphatic rings. The minimum atomic E-state index is -0.181. The highest BCUT2D eigenvalue weighted by atomic mass is 16.3. The number of amides is 1. The summed E-state index contributed by atoms with van der Waals surface area (Å²) in [7, 11) is 0. The van der Waals surface area contributed by atoms with E-state index in [1.807, 2.05) is 37.3 Å².